The standard InChI is InChI=1S/C19H26ClN5O.HI/c1-4-21-19(22-10-14-5-6-17(20)9-18(14)26-3)25-8-7-15(13-25)16-11-23-24(2)12-16;/h5-6,9,11-12,15H,4,7-8,10,13H2,1-3H3,(H,21,22);1H. The molecular formula is C19H27ClIN5O. The molecule has 0 saturated carbocycles. The number of nitrogens with zero attached hydrogens (tertiary/aromatic N) is 4. The van der Waals surface area contributed by atoms with Crippen LogP contribution in [-0.2, 0) is 13.6 Å². The van der Waals surface area contributed by atoms with E-state index in [2.05, 4.69) is 28.4 Å². The van der Waals surface area contributed by atoms with Crippen LogP contribution < -0.4 is 10.1 Å². The molecule has 0 amide bonds. The van der Waals surface area contributed by atoms with Crippen LogP contribution >= 0.6 is 35.6 Å². The van der Waals surface area contributed by atoms with E-state index in [1.54, 1.807) is 7.11 Å². The quantitative estimate of drug-likeness (QED) is 0.384. The molecule has 1 N–H and O–H groups in total. The summed E-state index contributed by atoms with van der Waals surface area (Å²) in [5, 5.41) is 8.37. The highest BCUT2D eigenvalue weighted by Gasteiger charge is 2.26. The number of benzene rings is 1. The first-order valence-corrected chi connectivity index (χ1v) is 9.32. The van der Waals surface area contributed by atoms with Crippen LogP contribution in [0, 0.1) is 0 Å². The van der Waals surface area contributed by atoms with Gasteiger partial charge in [-0.1, -0.05) is 17.7 Å². The first kappa shape index (κ1) is 21.8. The molecule has 0 radical (unpaired) electrons. The zero-order valence-electron chi connectivity index (χ0n) is 16.0. The highest BCUT2D eigenvalue weighted by atomic mass is 127. The van der Waals surface area contributed by atoms with Crippen molar-refractivity contribution in [3.8, 4) is 5.75 Å². The van der Waals surface area contributed by atoms with Crippen molar-refractivity contribution in [1.29, 1.82) is 0 Å². The zero-order valence-corrected chi connectivity index (χ0v) is 19.1. The Morgan fingerprint density at radius 3 is 2.93 bits per heavy atom. The summed E-state index contributed by atoms with van der Waals surface area (Å²) in [4.78, 5) is 7.15. The number of aryl methyl sites for hydroxylation is 1. The van der Waals surface area contributed by atoms with E-state index in [9.17, 15) is 0 Å². The number of guanidine groups is 1. The number of methoxy groups -OCH3 is 1. The van der Waals surface area contributed by atoms with Gasteiger partial charge < -0.3 is 15.0 Å². The molecule has 0 aliphatic carbocycles. The third-order valence-electron chi connectivity index (χ3n) is 4.67. The average Bonchev–Trinajstić information content (AvgIpc) is 3.28. The monoisotopic (exact) mass is 503 g/mol. The topological polar surface area (TPSA) is 54.7 Å². The Balaban J connectivity index is 0.00000261. The van der Waals surface area contributed by atoms with Crippen LogP contribution in [0.4, 0.5) is 0 Å². The lowest BCUT2D eigenvalue weighted by Gasteiger charge is -2.21. The number of nitrogens with one attached hydrogen (secondary N) is 1. The van der Waals surface area contributed by atoms with Gasteiger partial charge in [0.05, 0.1) is 19.9 Å². The predicted octanol–water partition coefficient (Wildman–Crippen LogP) is 3.66. The Labute approximate surface area is 183 Å². The van der Waals surface area contributed by atoms with E-state index in [-0.39, 0.29) is 24.0 Å². The fourth-order valence-electron chi connectivity index (χ4n) is 3.31. The number of ether oxygens (including phenoxy) is 1. The fraction of sp³-hybridized carbons (Fsp3) is 0.474. The van der Waals surface area contributed by atoms with Gasteiger partial charge >= 0.3 is 0 Å². The van der Waals surface area contributed by atoms with Crippen LogP contribution in [0.2, 0.25) is 5.02 Å². The molecular weight excluding hydrogens is 477 g/mol. The Morgan fingerprint density at radius 1 is 1.44 bits per heavy atom. The smallest absolute Gasteiger partial charge is 0.194 e. The number of rotatable bonds is 5. The van der Waals surface area contributed by atoms with E-state index in [0.29, 0.717) is 17.5 Å². The Morgan fingerprint density at radius 2 is 2.26 bits per heavy atom. The highest BCUT2D eigenvalue weighted by molar-refractivity contribution is 14.0. The van der Waals surface area contributed by atoms with E-state index < -0.39 is 0 Å². The first-order chi connectivity index (χ1) is 12.6. The Bertz CT molecular complexity index is 779. The molecule has 8 heteroatoms. The summed E-state index contributed by atoms with van der Waals surface area (Å²) in [6.07, 6.45) is 5.19. The summed E-state index contributed by atoms with van der Waals surface area (Å²) in [5.41, 5.74) is 2.32. The molecule has 0 bridgehead atoms. The van der Waals surface area contributed by atoms with Crippen LogP contribution in [0.1, 0.15) is 30.4 Å². The molecule has 1 aromatic carbocycles. The number of hydrogen-bond acceptors (Lipinski definition) is 3. The molecule has 1 atom stereocenters. The molecule has 1 aliphatic heterocycles. The fourth-order valence-corrected chi connectivity index (χ4v) is 3.47. The molecule has 2 aromatic rings. The van der Waals surface area contributed by atoms with Crippen LogP contribution in [0.25, 0.3) is 0 Å². The minimum absolute atomic E-state index is 0. The SMILES string of the molecule is CCNC(=NCc1ccc(Cl)cc1OC)N1CCC(c2cnn(C)c2)C1.I. The molecule has 6 nitrogen and oxygen atoms in total. The maximum atomic E-state index is 6.04. The summed E-state index contributed by atoms with van der Waals surface area (Å²) in [6, 6.07) is 5.67. The van der Waals surface area contributed by atoms with Crippen molar-refractivity contribution in [2.24, 2.45) is 12.0 Å². The third kappa shape index (κ3) is 5.51. The van der Waals surface area contributed by atoms with Gasteiger partial charge in [0.25, 0.3) is 0 Å². The van der Waals surface area contributed by atoms with Crippen LogP contribution in [0.5, 0.6) is 5.75 Å². The van der Waals surface area contributed by atoms with Crippen molar-refractivity contribution in [2.45, 2.75) is 25.8 Å². The van der Waals surface area contributed by atoms with E-state index in [4.69, 9.17) is 21.3 Å². The molecule has 3 rings (SSSR count). The van der Waals surface area contributed by atoms with Crippen molar-refractivity contribution in [3.05, 3.63) is 46.7 Å². The average molecular weight is 504 g/mol. The van der Waals surface area contributed by atoms with E-state index in [1.807, 2.05) is 36.1 Å². The Hall–Kier alpha value is -1.48. The second-order valence-electron chi connectivity index (χ2n) is 6.51. The van der Waals surface area contributed by atoms with Gasteiger partial charge in [-0.25, -0.2) is 4.99 Å². The second-order valence-corrected chi connectivity index (χ2v) is 6.94. The lowest BCUT2D eigenvalue weighted by atomic mass is 10.0. The first-order valence-electron chi connectivity index (χ1n) is 8.95. The molecule has 2 heterocycles. The van der Waals surface area contributed by atoms with Crippen molar-refractivity contribution in [3.63, 3.8) is 0 Å². The molecule has 1 aliphatic rings. The van der Waals surface area contributed by atoms with Crippen LogP contribution in [0.3, 0.4) is 0 Å². The zero-order chi connectivity index (χ0) is 18.5. The van der Waals surface area contributed by atoms with Crippen LogP contribution in [0.15, 0.2) is 35.6 Å². The van der Waals surface area contributed by atoms with E-state index in [1.165, 1.54) is 5.56 Å². The number of aromatic nitrogens is 2. The van der Waals surface area contributed by atoms with E-state index in [0.717, 1.165) is 43.3 Å². The molecule has 27 heavy (non-hydrogen) atoms. The van der Waals surface area contributed by atoms with E-state index >= 15 is 0 Å². The molecule has 1 fully saturated rings. The summed E-state index contributed by atoms with van der Waals surface area (Å²) in [6.45, 7) is 5.42. The van der Waals surface area contributed by atoms with Gasteiger partial charge in [-0.2, -0.15) is 5.10 Å². The summed E-state index contributed by atoms with van der Waals surface area (Å²) in [7, 11) is 3.62. The van der Waals surface area contributed by atoms with Gasteiger partial charge in [-0.3, -0.25) is 4.68 Å². The number of halogens is 2. The normalized spacial score (nSPS) is 17.0. The summed E-state index contributed by atoms with van der Waals surface area (Å²) >= 11 is 6.04. The number of hydrogen-bond donors (Lipinski definition) is 1. The van der Waals surface area contributed by atoms with Gasteiger partial charge in [-0.15, -0.1) is 24.0 Å². The minimum Gasteiger partial charge on any atom is -0.496 e. The number of aliphatic imine (C=N–C) groups is 1. The number of likely N-dealkylation sites (tertiary alicyclic amines) is 1. The summed E-state index contributed by atoms with van der Waals surface area (Å²) < 4.78 is 7.29. The third-order valence-corrected chi connectivity index (χ3v) is 4.90. The predicted molar refractivity (Wildman–Crippen MR) is 120 cm³/mol. The van der Waals surface area contributed by atoms with Gasteiger partial charge in [0.1, 0.15) is 5.75 Å². The van der Waals surface area contributed by atoms with Gasteiger partial charge in [-0.05, 0) is 31.0 Å². The maximum Gasteiger partial charge on any atom is 0.194 e. The minimum atomic E-state index is 0. The van der Waals surface area contributed by atoms with Gasteiger partial charge in [0, 0.05) is 49.4 Å². The molecule has 1 unspecified atom stereocenters. The lowest BCUT2D eigenvalue weighted by Crippen LogP contribution is -2.40. The summed E-state index contributed by atoms with van der Waals surface area (Å²) in [5.74, 6) is 2.21. The van der Waals surface area contributed by atoms with Gasteiger partial charge in [0.15, 0.2) is 5.96 Å². The largest absolute Gasteiger partial charge is 0.496 e. The molecule has 1 saturated heterocycles. The van der Waals surface area contributed by atoms with Crippen LogP contribution in [-0.4, -0.2) is 47.4 Å². The molecule has 0 spiro atoms. The van der Waals surface area contributed by atoms with Crippen molar-refractivity contribution >= 4 is 41.5 Å². The highest BCUT2D eigenvalue weighted by Crippen LogP contribution is 2.27. The van der Waals surface area contributed by atoms with Gasteiger partial charge in [0.2, 0.25) is 0 Å². The molecule has 1 aromatic heterocycles. The van der Waals surface area contributed by atoms with Crippen molar-refractivity contribution in [1.82, 2.24) is 20.0 Å². The Kier molecular flexibility index (Phi) is 8.22. The maximum absolute atomic E-state index is 6.04. The lowest BCUT2D eigenvalue weighted by molar-refractivity contribution is 0.409. The van der Waals surface area contributed by atoms with Crippen molar-refractivity contribution < 1.29 is 4.74 Å². The molecule has 148 valence electrons. The van der Waals surface area contributed by atoms with Crippen molar-refractivity contribution in [2.75, 3.05) is 26.7 Å². The second kappa shape index (κ2) is 10.2.